The van der Waals surface area contributed by atoms with Gasteiger partial charge in [0.15, 0.2) is 0 Å². The number of amides is 1. The van der Waals surface area contributed by atoms with Crippen LogP contribution in [0.3, 0.4) is 0 Å². The van der Waals surface area contributed by atoms with Crippen molar-refractivity contribution < 1.29 is 28.9 Å². The van der Waals surface area contributed by atoms with Crippen LogP contribution >= 0.6 is 15.9 Å². The van der Waals surface area contributed by atoms with E-state index < -0.39 is 17.7 Å². The molecular formula is C29H28BrNO6. The minimum absolute atomic E-state index is 0.0226. The van der Waals surface area contributed by atoms with E-state index in [0.29, 0.717) is 45.1 Å². The summed E-state index contributed by atoms with van der Waals surface area (Å²) in [7, 11) is 1.54. The number of ether oxygens (including phenoxy) is 3. The van der Waals surface area contributed by atoms with Gasteiger partial charge in [0.05, 0.1) is 35.9 Å². The van der Waals surface area contributed by atoms with Gasteiger partial charge in [0.25, 0.3) is 11.7 Å². The Bertz CT molecular complexity index is 1370. The molecule has 1 unspecified atom stereocenters. The fourth-order valence-corrected chi connectivity index (χ4v) is 4.84. The summed E-state index contributed by atoms with van der Waals surface area (Å²) in [6, 6.07) is 18.2. The SMILES string of the molecule is CCOc1cccc(N2C(=O)C(=O)/C(=C(/O)c3ccc(OC)c(Br)c3)C2c2cccc(OC(C)C)c2)c1. The van der Waals surface area contributed by atoms with E-state index in [-0.39, 0.29) is 17.4 Å². The molecule has 1 atom stereocenters. The molecule has 1 heterocycles. The first-order valence-electron chi connectivity index (χ1n) is 11.9. The lowest BCUT2D eigenvalue weighted by molar-refractivity contribution is -0.132. The van der Waals surface area contributed by atoms with E-state index in [0.717, 1.165) is 0 Å². The molecule has 0 bridgehead atoms. The Morgan fingerprint density at radius 2 is 1.76 bits per heavy atom. The van der Waals surface area contributed by atoms with E-state index >= 15 is 0 Å². The number of benzene rings is 3. The van der Waals surface area contributed by atoms with Gasteiger partial charge in [-0.25, -0.2) is 0 Å². The summed E-state index contributed by atoms with van der Waals surface area (Å²) in [6.45, 7) is 6.15. The number of carbonyl (C=O) groups excluding carboxylic acids is 2. The van der Waals surface area contributed by atoms with Crippen LogP contribution in [-0.4, -0.2) is 36.6 Å². The number of methoxy groups -OCH3 is 1. The Morgan fingerprint density at radius 3 is 2.43 bits per heavy atom. The molecule has 0 saturated carbocycles. The second kappa shape index (κ2) is 11.1. The van der Waals surface area contributed by atoms with Crippen molar-refractivity contribution in [3.63, 3.8) is 0 Å². The van der Waals surface area contributed by atoms with Crippen LogP contribution in [0.15, 0.2) is 76.8 Å². The van der Waals surface area contributed by atoms with Crippen LogP contribution in [-0.2, 0) is 9.59 Å². The molecule has 0 aliphatic carbocycles. The first-order chi connectivity index (χ1) is 17.7. The number of rotatable bonds is 8. The minimum Gasteiger partial charge on any atom is -0.507 e. The van der Waals surface area contributed by atoms with Gasteiger partial charge in [0.2, 0.25) is 0 Å². The van der Waals surface area contributed by atoms with Gasteiger partial charge in [-0.3, -0.25) is 14.5 Å². The minimum atomic E-state index is -0.895. The summed E-state index contributed by atoms with van der Waals surface area (Å²) in [6.07, 6.45) is -0.0684. The van der Waals surface area contributed by atoms with Gasteiger partial charge in [-0.2, -0.15) is 0 Å². The lowest BCUT2D eigenvalue weighted by Crippen LogP contribution is -2.29. The summed E-state index contributed by atoms with van der Waals surface area (Å²) in [4.78, 5) is 28.3. The quantitative estimate of drug-likeness (QED) is 0.197. The number of aliphatic hydroxyl groups excluding tert-OH is 1. The van der Waals surface area contributed by atoms with Crippen molar-refractivity contribution in [2.24, 2.45) is 0 Å². The molecule has 7 nitrogen and oxygen atoms in total. The van der Waals surface area contributed by atoms with Gasteiger partial charge in [-0.05, 0) is 84.7 Å². The number of ketones is 1. The third-order valence-corrected chi connectivity index (χ3v) is 6.44. The van der Waals surface area contributed by atoms with E-state index in [2.05, 4.69) is 15.9 Å². The van der Waals surface area contributed by atoms with Crippen molar-refractivity contribution >= 4 is 39.1 Å². The maximum Gasteiger partial charge on any atom is 0.300 e. The highest BCUT2D eigenvalue weighted by molar-refractivity contribution is 9.10. The molecule has 3 aromatic carbocycles. The highest BCUT2D eigenvalue weighted by Crippen LogP contribution is 2.44. The molecule has 1 aliphatic rings. The number of Topliss-reactive ketones (excluding diaryl/α,β-unsaturated/α-hetero) is 1. The number of hydrogen-bond donors (Lipinski definition) is 1. The van der Waals surface area contributed by atoms with Crippen LogP contribution in [0.2, 0.25) is 0 Å². The van der Waals surface area contributed by atoms with Crippen molar-refractivity contribution in [2.75, 3.05) is 18.6 Å². The molecule has 3 aromatic rings. The molecule has 1 N–H and O–H groups in total. The highest BCUT2D eigenvalue weighted by atomic mass is 79.9. The number of nitrogens with zero attached hydrogens (tertiary/aromatic N) is 1. The van der Waals surface area contributed by atoms with Crippen LogP contribution < -0.4 is 19.1 Å². The second-order valence-electron chi connectivity index (χ2n) is 8.69. The number of halogens is 1. The average Bonchev–Trinajstić information content (AvgIpc) is 3.14. The summed E-state index contributed by atoms with van der Waals surface area (Å²) in [5.74, 6) is -0.0930. The molecule has 192 valence electrons. The molecule has 0 aromatic heterocycles. The molecular weight excluding hydrogens is 538 g/mol. The Hall–Kier alpha value is -3.78. The number of carbonyl (C=O) groups is 2. The summed E-state index contributed by atoms with van der Waals surface area (Å²) in [5.41, 5.74) is 1.44. The van der Waals surface area contributed by atoms with Crippen molar-refractivity contribution in [1.82, 2.24) is 0 Å². The fourth-order valence-electron chi connectivity index (χ4n) is 4.30. The van der Waals surface area contributed by atoms with E-state index in [1.165, 1.54) is 12.0 Å². The molecule has 1 aliphatic heterocycles. The van der Waals surface area contributed by atoms with Crippen LogP contribution in [0.4, 0.5) is 5.69 Å². The first-order valence-corrected chi connectivity index (χ1v) is 12.7. The maximum atomic E-state index is 13.5. The average molecular weight is 566 g/mol. The van der Waals surface area contributed by atoms with Gasteiger partial charge in [-0.1, -0.05) is 18.2 Å². The van der Waals surface area contributed by atoms with Crippen molar-refractivity contribution in [1.29, 1.82) is 0 Å². The van der Waals surface area contributed by atoms with Crippen LogP contribution in [0, 0.1) is 0 Å². The Balaban J connectivity index is 1.93. The van der Waals surface area contributed by atoms with Gasteiger partial charge in [0.1, 0.15) is 23.0 Å². The summed E-state index contributed by atoms with van der Waals surface area (Å²) in [5, 5.41) is 11.4. The number of anilines is 1. The van der Waals surface area contributed by atoms with E-state index in [1.54, 1.807) is 60.7 Å². The molecule has 8 heteroatoms. The monoisotopic (exact) mass is 565 g/mol. The topological polar surface area (TPSA) is 85.3 Å². The zero-order chi connectivity index (χ0) is 26.7. The van der Waals surface area contributed by atoms with Gasteiger partial charge in [0, 0.05) is 17.3 Å². The van der Waals surface area contributed by atoms with E-state index in [1.807, 2.05) is 26.8 Å². The van der Waals surface area contributed by atoms with Crippen LogP contribution in [0.5, 0.6) is 17.2 Å². The molecule has 0 radical (unpaired) electrons. The Kier molecular flexibility index (Phi) is 7.88. The van der Waals surface area contributed by atoms with Crippen molar-refractivity contribution in [2.45, 2.75) is 32.9 Å². The highest BCUT2D eigenvalue weighted by Gasteiger charge is 2.47. The van der Waals surface area contributed by atoms with Crippen molar-refractivity contribution in [3.8, 4) is 17.2 Å². The zero-order valence-corrected chi connectivity index (χ0v) is 22.6. The van der Waals surface area contributed by atoms with Crippen LogP contribution in [0.25, 0.3) is 5.76 Å². The molecule has 1 saturated heterocycles. The van der Waals surface area contributed by atoms with E-state index in [4.69, 9.17) is 14.2 Å². The van der Waals surface area contributed by atoms with Crippen LogP contribution in [0.1, 0.15) is 37.9 Å². The lowest BCUT2D eigenvalue weighted by Gasteiger charge is -2.26. The Morgan fingerprint density at radius 1 is 1.03 bits per heavy atom. The predicted molar refractivity (Wildman–Crippen MR) is 145 cm³/mol. The largest absolute Gasteiger partial charge is 0.507 e. The summed E-state index contributed by atoms with van der Waals surface area (Å²) < 4.78 is 17.4. The predicted octanol–water partition coefficient (Wildman–Crippen LogP) is 6.27. The molecule has 1 fully saturated rings. The molecule has 4 rings (SSSR count). The molecule has 0 spiro atoms. The standard InChI is InChI=1S/C29H28BrNO6/c1-5-36-21-10-7-9-20(16-21)31-26(18-8-6-11-22(14-18)37-17(2)3)25(28(33)29(31)34)27(32)19-12-13-24(35-4)23(30)15-19/h6-17,26,32H,5H2,1-4H3/b27-25+. The third-order valence-electron chi connectivity index (χ3n) is 5.82. The maximum absolute atomic E-state index is 13.5. The van der Waals surface area contributed by atoms with Crippen molar-refractivity contribution in [3.05, 3.63) is 87.9 Å². The second-order valence-corrected chi connectivity index (χ2v) is 9.54. The van der Waals surface area contributed by atoms with E-state index in [9.17, 15) is 14.7 Å². The summed E-state index contributed by atoms with van der Waals surface area (Å²) >= 11 is 3.42. The van der Waals surface area contributed by atoms with Gasteiger partial charge >= 0.3 is 0 Å². The lowest BCUT2D eigenvalue weighted by atomic mass is 9.95. The third kappa shape index (κ3) is 5.34. The normalized spacial score (nSPS) is 16.8. The van der Waals surface area contributed by atoms with Gasteiger partial charge in [-0.15, -0.1) is 0 Å². The zero-order valence-electron chi connectivity index (χ0n) is 21.0. The Labute approximate surface area is 224 Å². The first kappa shape index (κ1) is 26.3. The fraction of sp³-hybridized carbons (Fsp3) is 0.241. The molecule has 1 amide bonds. The molecule has 37 heavy (non-hydrogen) atoms. The van der Waals surface area contributed by atoms with Gasteiger partial charge < -0.3 is 19.3 Å². The number of hydrogen-bond acceptors (Lipinski definition) is 6. The smallest absolute Gasteiger partial charge is 0.300 e. The number of aliphatic hydroxyl groups is 1.